The molecule has 9 heteroatoms. The number of fused-ring (bicyclic) bond motifs is 1. The fraction of sp³-hybridized carbons (Fsp3) is 0.348. The molecule has 164 valence electrons. The predicted molar refractivity (Wildman–Crippen MR) is 120 cm³/mol. The molecule has 0 unspecified atom stereocenters. The van der Waals surface area contributed by atoms with Gasteiger partial charge in [-0.1, -0.05) is 0 Å². The first-order chi connectivity index (χ1) is 15.3. The predicted octanol–water partition coefficient (Wildman–Crippen LogP) is 2.25. The monoisotopic (exact) mass is 431 g/mol. The van der Waals surface area contributed by atoms with E-state index in [9.17, 15) is 9.59 Å². The molecule has 0 radical (unpaired) electrons. The topological polar surface area (TPSA) is 129 Å². The summed E-state index contributed by atoms with van der Waals surface area (Å²) < 4.78 is 1.72. The fourth-order valence-corrected chi connectivity index (χ4v) is 4.36. The van der Waals surface area contributed by atoms with Gasteiger partial charge >= 0.3 is 0 Å². The summed E-state index contributed by atoms with van der Waals surface area (Å²) in [5.41, 5.74) is 9.40. The van der Waals surface area contributed by atoms with E-state index >= 15 is 0 Å². The third kappa shape index (κ3) is 3.87. The molecule has 0 bridgehead atoms. The molecule has 1 fully saturated rings. The van der Waals surface area contributed by atoms with Gasteiger partial charge in [-0.3, -0.25) is 14.6 Å². The maximum atomic E-state index is 12.2. The zero-order chi connectivity index (χ0) is 23.0. The molecule has 0 saturated heterocycles. The largest absolute Gasteiger partial charge is 0.365 e. The lowest BCUT2D eigenvalue weighted by Gasteiger charge is -2.46. The SMILES string of the molecule is CC(=O)NC1CC(N(c2cc(-c3ccc4cc(C#N)cnn34)ncc2C(N)=O)C(C)C)C1. The highest BCUT2D eigenvalue weighted by molar-refractivity contribution is 5.99. The van der Waals surface area contributed by atoms with Gasteiger partial charge in [0, 0.05) is 31.2 Å². The van der Waals surface area contributed by atoms with Gasteiger partial charge in [-0.15, -0.1) is 0 Å². The van der Waals surface area contributed by atoms with Gasteiger partial charge in [-0.2, -0.15) is 10.4 Å². The molecule has 3 N–H and O–H groups in total. The van der Waals surface area contributed by atoms with Gasteiger partial charge < -0.3 is 16.0 Å². The molecule has 1 aliphatic carbocycles. The molecule has 3 heterocycles. The molecular formula is C23H25N7O2. The van der Waals surface area contributed by atoms with Crippen LogP contribution in [0, 0.1) is 11.3 Å². The van der Waals surface area contributed by atoms with E-state index in [0.717, 1.165) is 24.1 Å². The van der Waals surface area contributed by atoms with E-state index in [1.807, 2.05) is 18.2 Å². The number of amides is 2. The molecule has 4 rings (SSSR count). The summed E-state index contributed by atoms with van der Waals surface area (Å²) in [4.78, 5) is 30.3. The Kier molecular flexibility index (Phi) is 5.53. The molecule has 0 atom stereocenters. The number of nitrogens with one attached hydrogen (secondary N) is 1. The van der Waals surface area contributed by atoms with E-state index < -0.39 is 5.91 Å². The van der Waals surface area contributed by atoms with Crippen LogP contribution in [0.4, 0.5) is 5.69 Å². The van der Waals surface area contributed by atoms with Crippen molar-refractivity contribution in [2.75, 3.05) is 4.90 Å². The van der Waals surface area contributed by atoms with Gasteiger partial charge in [0.25, 0.3) is 5.91 Å². The maximum Gasteiger partial charge on any atom is 0.252 e. The molecule has 9 nitrogen and oxygen atoms in total. The number of aromatic nitrogens is 3. The third-order valence-electron chi connectivity index (χ3n) is 5.79. The Morgan fingerprint density at radius 1 is 1.28 bits per heavy atom. The number of rotatable bonds is 6. The number of carbonyl (C=O) groups is 2. The minimum absolute atomic E-state index is 0.0410. The van der Waals surface area contributed by atoms with Crippen LogP contribution in [-0.2, 0) is 4.79 Å². The van der Waals surface area contributed by atoms with Crippen molar-refractivity contribution < 1.29 is 9.59 Å². The van der Waals surface area contributed by atoms with Crippen LogP contribution >= 0.6 is 0 Å². The van der Waals surface area contributed by atoms with E-state index in [2.05, 4.69) is 40.2 Å². The molecule has 0 aliphatic heterocycles. The zero-order valence-corrected chi connectivity index (χ0v) is 18.2. The normalized spacial score (nSPS) is 17.6. The summed E-state index contributed by atoms with van der Waals surface area (Å²) in [6.07, 6.45) is 4.60. The summed E-state index contributed by atoms with van der Waals surface area (Å²) in [7, 11) is 0. The van der Waals surface area contributed by atoms with Crippen molar-refractivity contribution in [3.63, 3.8) is 0 Å². The van der Waals surface area contributed by atoms with Crippen LogP contribution in [0.15, 0.2) is 36.7 Å². The number of hydrogen-bond acceptors (Lipinski definition) is 6. The molecule has 0 spiro atoms. The van der Waals surface area contributed by atoms with Crippen molar-refractivity contribution in [2.45, 2.75) is 51.7 Å². The van der Waals surface area contributed by atoms with Gasteiger partial charge in [-0.25, -0.2) is 4.52 Å². The van der Waals surface area contributed by atoms with E-state index in [1.54, 1.807) is 10.6 Å². The van der Waals surface area contributed by atoms with Crippen molar-refractivity contribution in [1.82, 2.24) is 19.9 Å². The quantitative estimate of drug-likeness (QED) is 0.616. The minimum atomic E-state index is -0.542. The van der Waals surface area contributed by atoms with Crippen molar-refractivity contribution in [1.29, 1.82) is 5.26 Å². The molecule has 3 aromatic rings. The van der Waals surface area contributed by atoms with Gasteiger partial charge in [0.15, 0.2) is 0 Å². The highest BCUT2D eigenvalue weighted by Gasteiger charge is 2.37. The Morgan fingerprint density at radius 3 is 2.66 bits per heavy atom. The lowest BCUT2D eigenvalue weighted by atomic mass is 9.84. The number of hydrogen-bond donors (Lipinski definition) is 2. The van der Waals surface area contributed by atoms with Crippen LogP contribution in [0.5, 0.6) is 0 Å². The third-order valence-corrected chi connectivity index (χ3v) is 5.79. The number of anilines is 1. The van der Waals surface area contributed by atoms with Crippen LogP contribution in [-0.4, -0.2) is 44.5 Å². The second-order valence-electron chi connectivity index (χ2n) is 8.39. The van der Waals surface area contributed by atoms with E-state index in [4.69, 9.17) is 11.0 Å². The maximum absolute atomic E-state index is 12.2. The standard InChI is InChI=1S/C23H25N7O2/c1-13(2)29(18-7-16(8-18)28-14(3)31)22-9-20(26-12-19(22)23(25)32)21-5-4-17-6-15(10-24)11-27-30(17)21/h4-6,9,11-13,16,18H,7-8H2,1-3H3,(H2,25,32)(H,28,31). The summed E-state index contributed by atoms with van der Waals surface area (Å²) in [6.45, 7) is 5.64. The van der Waals surface area contributed by atoms with Crippen LogP contribution in [0.1, 0.15) is 49.5 Å². The van der Waals surface area contributed by atoms with Crippen molar-refractivity contribution in [3.05, 3.63) is 47.8 Å². The van der Waals surface area contributed by atoms with Gasteiger partial charge in [0.05, 0.1) is 39.9 Å². The number of nitriles is 1. The van der Waals surface area contributed by atoms with E-state index in [-0.39, 0.29) is 24.0 Å². The minimum Gasteiger partial charge on any atom is -0.365 e. The van der Waals surface area contributed by atoms with E-state index in [0.29, 0.717) is 22.5 Å². The molecule has 2 amide bonds. The Bertz CT molecular complexity index is 1230. The van der Waals surface area contributed by atoms with E-state index in [1.165, 1.54) is 19.3 Å². The number of primary amides is 1. The van der Waals surface area contributed by atoms with Gasteiger partial charge in [0.2, 0.25) is 5.91 Å². The highest BCUT2D eigenvalue weighted by atomic mass is 16.1. The first-order valence-corrected chi connectivity index (χ1v) is 10.5. The summed E-state index contributed by atoms with van der Waals surface area (Å²) in [5, 5.41) is 16.4. The lowest BCUT2D eigenvalue weighted by Crippen LogP contribution is -2.56. The van der Waals surface area contributed by atoms with Crippen LogP contribution in [0.25, 0.3) is 16.9 Å². The Hall–Kier alpha value is -3.93. The van der Waals surface area contributed by atoms with Crippen molar-refractivity contribution in [3.8, 4) is 17.5 Å². The average molecular weight is 432 g/mol. The number of carbonyl (C=O) groups excluding carboxylic acids is 2. The van der Waals surface area contributed by atoms with Crippen LogP contribution in [0.3, 0.4) is 0 Å². The summed E-state index contributed by atoms with van der Waals surface area (Å²) in [6, 6.07) is 9.87. The van der Waals surface area contributed by atoms with Crippen molar-refractivity contribution in [2.24, 2.45) is 5.73 Å². The smallest absolute Gasteiger partial charge is 0.252 e. The second kappa shape index (κ2) is 8.30. The number of pyridine rings is 1. The van der Waals surface area contributed by atoms with Crippen LogP contribution in [0.2, 0.25) is 0 Å². The lowest BCUT2D eigenvalue weighted by molar-refractivity contribution is -0.120. The van der Waals surface area contributed by atoms with Crippen molar-refractivity contribution >= 4 is 23.0 Å². The number of nitrogens with zero attached hydrogens (tertiary/aromatic N) is 5. The summed E-state index contributed by atoms with van der Waals surface area (Å²) in [5.74, 6) is -0.583. The molecule has 0 aromatic carbocycles. The Morgan fingerprint density at radius 2 is 2.03 bits per heavy atom. The van der Waals surface area contributed by atoms with Crippen LogP contribution < -0.4 is 16.0 Å². The molecule has 32 heavy (non-hydrogen) atoms. The van der Waals surface area contributed by atoms with Gasteiger partial charge in [0.1, 0.15) is 6.07 Å². The first-order valence-electron chi connectivity index (χ1n) is 10.5. The van der Waals surface area contributed by atoms with Gasteiger partial charge in [-0.05, 0) is 51.0 Å². The molecule has 1 aliphatic rings. The molecule has 3 aromatic heterocycles. The summed E-state index contributed by atoms with van der Waals surface area (Å²) >= 11 is 0. The zero-order valence-electron chi connectivity index (χ0n) is 18.2. The Labute approximate surface area is 185 Å². The Balaban J connectivity index is 1.75. The first kappa shape index (κ1) is 21.3. The average Bonchev–Trinajstić information content (AvgIpc) is 3.14. The second-order valence-corrected chi connectivity index (χ2v) is 8.39. The molecule has 1 saturated carbocycles. The number of nitrogens with two attached hydrogens (primary N) is 1. The fourth-order valence-electron chi connectivity index (χ4n) is 4.36. The molecular weight excluding hydrogens is 406 g/mol. The highest BCUT2D eigenvalue weighted by Crippen LogP contribution is 2.35.